The summed E-state index contributed by atoms with van der Waals surface area (Å²) < 4.78 is 17.0. The highest BCUT2D eigenvalue weighted by Gasteiger charge is 2.19. The SMILES string of the molecule is CC/C=C\C/C=C\C/C=C\C/C=C\C/C=C\CCCCCCCCCCCC(=O)OC(COC(=O)CCCCCCCCCCCC)COC(=O)CCCCCCCCCCCCCCCCCCCCCCCCCCCCCC. The van der Waals surface area contributed by atoms with Gasteiger partial charge in [-0.2, -0.15) is 0 Å². The van der Waals surface area contributed by atoms with Crippen molar-refractivity contribution in [1.82, 2.24) is 0 Å². The lowest BCUT2D eigenvalue weighted by atomic mass is 10.0. The van der Waals surface area contributed by atoms with E-state index in [9.17, 15) is 14.4 Å². The van der Waals surface area contributed by atoms with Crippen LogP contribution in [0, 0.1) is 0 Å². The van der Waals surface area contributed by atoms with Crippen LogP contribution in [0.5, 0.6) is 0 Å². The summed E-state index contributed by atoms with van der Waals surface area (Å²) in [5, 5.41) is 0. The molecule has 0 aromatic rings. The van der Waals surface area contributed by atoms with E-state index in [1.165, 1.54) is 244 Å². The normalized spacial score (nSPS) is 12.4. The second-order valence-corrected chi connectivity index (χ2v) is 24.1. The van der Waals surface area contributed by atoms with Crippen molar-refractivity contribution in [2.75, 3.05) is 13.2 Å². The quantitative estimate of drug-likeness (QED) is 0.0261. The number of hydrogen-bond donors (Lipinski definition) is 0. The molecule has 0 N–H and O–H groups in total. The molecule has 0 heterocycles. The van der Waals surface area contributed by atoms with Crippen molar-refractivity contribution in [3.05, 3.63) is 60.8 Å². The highest BCUT2D eigenvalue weighted by Crippen LogP contribution is 2.19. The Kier molecular flexibility index (Phi) is 67.1. The second kappa shape index (κ2) is 69.6. The van der Waals surface area contributed by atoms with E-state index in [1.54, 1.807) is 0 Å². The van der Waals surface area contributed by atoms with E-state index in [-0.39, 0.29) is 31.1 Å². The van der Waals surface area contributed by atoms with Gasteiger partial charge in [-0.1, -0.05) is 358 Å². The first-order valence-electron chi connectivity index (χ1n) is 35.8. The molecule has 0 saturated heterocycles. The van der Waals surface area contributed by atoms with Crippen molar-refractivity contribution < 1.29 is 28.6 Å². The summed E-state index contributed by atoms with van der Waals surface area (Å²) in [6.07, 6.45) is 89.8. The maximum Gasteiger partial charge on any atom is 0.306 e. The molecular formula is C75H136O6. The van der Waals surface area contributed by atoms with Gasteiger partial charge in [0.15, 0.2) is 6.10 Å². The van der Waals surface area contributed by atoms with Gasteiger partial charge in [0, 0.05) is 19.3 Å². The number of hydrogen-bond acceptors (Lipinski definition) is 6. The number of carbonyl (C=O) groups is 3. The van der Waals surface area contributed by atoms with Crippen molar-refractivity contribution in [1.29, 1.82) is 0 Å². The second-order valence-electron chi connectivity index (χ2n) is 24.1. The molecule has 0 spiro atoms. The zero-order valence-corrected chi connectivity index (χ0v) is 54.3. The fourth-order valence-corrected chi connectivity index (χ4v) is 10.7. The topological polar surface area (TPSA) is 78.9 Å². The van der Waals surface area contributed by atoms with Crippen molar-refractivity contribution in [2.45, 2.75) is 386 Å². The van der Waals surface area contributed by atoms with Gasteiger partial charge in [-0.3, -0.25) is 14.4 Å². The Balaban J connectivity index is 4.15. The number of carbonyl (C=O) groups excluding carboxylic acids is 3. The molecule has 0 fully saturated rings. The summed E-state index contributed by atoms with van der Waals surface area (Å²) in [6.45, 7) is 6.57. The van der Waals surface area contributed by atoms with Crippen LogP contribution in [0.4, 0.5) is 0 Å². The molecular weight excluding hydrogens is 997 g/mol. The highest BCUT2D eigenvalue weighted by molar-refractivity contribution is 5.71. The molecule has 1 unspecified atom stereocenters. The molecule has 0 amide bonds. The Morgan fingerprint density at radius 2 is 0.481 bits per heavy atom. The zero-order chi connectivity index (χ0) is 58.5. The average Bonchev–Trinajstić information content (AvgIpc) is 3.47. The van der Waals surface area contributed by atoms with E-state index < -0.39 is 6.10 Å². The van der Waals surface area contributed by atoms with Crippen molar-refractivity contribution in [3.63, 3.8) is 0 Å². The zero-order valence-electron chi connectivity index (χ0n) is 54.3. The first-order chi connectivity index (χ1) is 40.0. The number of rotatable bonds is 66. The lowest BCUT2D eigenvalue weighted by molar-refractivity contribution is -0.167. The molecule has 0 aliphatic carbocycles. The standard InChI is InChI=1S/C75H136O6/c1-4-7-10-13-16-19-22-24-26-28-30-32-34-36-37-38-40-41-43-45-47-49-51-53-56-59-62-65-68-74(77)80-71-72(70-79-73(76)67-64-61-58-55-21-18-15-12-9-6-3)81-75(78)69-66-63-60-57-54-52-50-48-46-44-42-39-35-33-31-29-27-25-23-20-17-14-11-8-5-2/h8,11,17,20,25,27,31,33,39,42,72H,4-7,9-10,12-16,18-19,21-24,26,28-30,32,34-38,40-41,43-71H2,1-3H3/b11-8-,20-17-,27-25-,33-31-,42-39-. The molecule has 6 nitrogen and oxygen atoms in total. The molecule has 0 aliphatic rings. The highest BCUT2D eigenvalue weighted by atomic mass is 16.6. The fourth-order valence-electron chi connectivity index (χ4n) is 10.7. The van der Waals surface area contributed by atoms with Crippen LogP contribution >= 0.6 is 0 Å². The van der Waals surface area contributed by atoms with Gasteiger partial charge in [0.2, 0.25) is 0 Å². The molecule has 81 heavy (non-hydrogen) atoms. The number of unbranched alkanes of at least 4 members (excludes halogenated alkanes) is 45. The van der Waals surface area contributed by atoms with Crippen LogP contribution in [0.3, 0.4) is 0 Å². The molecule has 0 radical (unpaired) electrons. The van der Waals surface area contributed by atoms with E-state index in [0.29, 0.717) is 19.3 Å². The van der Waals surface area contributed by atoms with Gasteiger partial charge in [0.1, 0.15) is 13.2 Å². The minimum absolute atomic E-state index is 0.0715. The van der Waals surface area contributed by atoms with Crippen molar-refractivity contribution >= 4 is 17.9 Å². The predicted octanol–water partition coefficient (Wildman–Crippen LogP) is 24.7. The largest absolute Gasteiger partial charge is 0.462 e. The third-order valence-electron chi connectivity index (χ3n) is 16.0. The monoisotopic (exact) mass is 1130 g/mol. The van der Waals surface area contributed by atoms with Gasteiger partial charge in [-0.05, 0) is 64.2 Å². The van der Waals surface area contributed by atoms with Crippen LogP contribution in [-0.2, 0) is 28.6 Å². The predicted molar refractivity (Wildman–Crippen MR) is 353 cm³/mol. The average molecular weight is 1130 g/mol. The Morgan fingerprint density at radius 3 is 0.753 bits per heavy atom. The Morgan fingerprint density at radius 1 is 0.259 bits per heavy atom. The number of ether oxygens (including phenoxy) is 3. The Labute approximate surface area is 504 Å². The van der Waals surface area contributed by atoms with Crippen LogP contribution in [0.1, 0.15) is 380 Å². The molecule has 0 aromatic heterocycles. The fraction of sp³-hybridized carbons (Fsp3) is 0.827. The van der Waals surface area contributed by atoms with Crippen LogP contribution in [0.25, 0.3) is 0 Å². The number of esters is 3. The summed E-state index contributed by atoms with van der Waals surface area (Å²) in [6, 6.07) is 0. The lowest BCUT2D eigenvalue weighted by Crippen LogP contribution is -2.30. The minimum atomic E-state index is -0.775. The molecule has 1 atom stereocenters. The lowest BCUT2D eigenvalue weighted by Gasteiger charge is -2.18. The number of allylic oxidation sites excluding steroid dienone is 10. The summed E-state index contributed by atoms with van der Waals surface area (Å²) in [4.78, 5) is 38.3. The van der Waals surface area contributed by atoms with E-state index in [4.69, 9.17) is 14.2 Å². The van der Waals surface area contributed by atoms with Crippen LogP contribution < -0.4 is 0 Å². The van der Waals surface area contributed by atoms with Gasteiger partial charge >= 0.3 is 17.9 Å². The van der Waals surface area contributed by atoms with Gasteiger partial charge in [-0.15, -0.1) is 0 Å². The van der Waals surface area contributed by atoms with Gasteiger partial charge < -0.3 is 14.2 Å². The van der Waals surface area contributed by atoms with Gasteiger partial charge in [-0.25, -0.2) is 0 Å². The molecule has 472 valence electrons. The first-order valence-corrected chi connectivity index (χ1v) is 35.8. The first kappa shape index (κ1) is 78.1. The molecule has 0 saturated carbocycles. The van der Waals surface area contributed by atoms with Crippen LogP contribution in [0.2, 0.25) is 0 Å². The van der Waals surface area contributed by atoms with E-state index in [0.717, 1.165) is 96.3 Å². The molecule has 0 aromatic carbocycles. The Hall–Kier alpha value is -2.89. The van der Waals surface area contributed by atoms with E-state index >= 15 is 0 Å². The molecule has 0 aliphatic heterocycles. The maximum absolute atomic E-state index is 12.9. The summed E-state index contributed by atoms with van der Waals surface area (Å²) in [5.41, 5.74) is 0. The summed E-state index contributed by atoms with van der Waals surface area (Å²) in [5.74, 6) is -0.855. The molecule has 0 rings (SSSR count). The van der Waals surface area contributed by atoms with Gasteiger partial charge in [0.25, 0.3) is 0 Å². The van der Waals surface area contributed by atoms with E-state index in [1.807, 2.05) is 0 Å². The Bertz CT molecular complexity index is 1440. The van der Waals surface area contributed by atoms with Crippen LogP contribution in [-0.4, -0.2) is 37.2 Å². The summed E-state index contributed by atoms with van der Waals surface area (Å²) >= 11 is 0. The van der Waals surface area contributed by atoms with E-state index in [2.05, 4.69) is 81.5 Å². The minimum Gasteiger partial charge on any atom is -0.462 e. The van der Waals surface area contributed by atoms with Crippen molar-refractivity contribution in [2.24, 2.45) is 0 Å². The third-order valence-corrected chi connectivity index (χ3v) is 16.0. The maximum atomic E-state index is 12.9. The third kappa shape index (κ3) is 67.8. The smallest absolute Gasteiger partial charge is 0.306 e. The molecule has 6 heteroatoms. The molecule has 0 bridgehead atoms. The summed E-state index contributed by atoms with van der Waals surface area (Å²) in [7, 11) is 0. The van der Waals surface area contributed by atoms with Crippen molar-refractivity contribution in [3.8, 4) is 0 Å². The van der Waals surface area contributed by atoms with Crippen LogP contribution in [0.15, 0.2) is 60.8 Å². The van der Waals surface area contributed by atoms with Gasteiger partial charge in [0.05, 0.1) is 0 Å².